The van der Waals surface area contributed by atoms with Crippen LogP contribution >= 0.6 is 27.5 Å². The summed E-state index contributed by atoms with van der Waals surface area (Å²) in [6.45, 7) is 3.83. The first-order valence-corrected chi connectivity index (χ1v) is 7.00. The number of pyridine rings is 1. The van der Waals surface area contributed by atoms with E-state index in [9.17, 15) is 4.79 Å². The minimum Gasteiger partial charge on any atom is -0.375 e. The van der Waals surface area contributed by atoms with Crippen molar-refractivity contribution in [3.05, 3.63) is 27.5 Å². The molecule has 1 saturated heterocycles. The molecule has 1 fully saturated rings. The summed E-state index contributed by atoms with van der Waals surface area (Å²) in [4.78, 5) is 18.1. The Morgan fingerprint density at radius 3 is 3.22 bits per heavy atom. The topological polar surface area (TPSA) is 42.4 Å². The Kier molecular flexibility index (Phi) is 4.59. The van der Waals surface area contributed by atoms with Crippen molar-refractivity contribution in [3.63, 3.8) is 0 Å². The number of rotatable bonds is 2. The molecular weight excluding hydrogens is 320 g/mol. The summed E-state index contributed by atoms with van der Waals surface area (Å²) in [5.74, 6) is -0.0875. The molecule has 1 aromatic heterocycles. The molecular formula is C12H14BrClN2O2. The molecule has 1 unspecified atom stereocenters. The Bertz CT molecular complexity index is 456. The van der Waals surface area contributed by atoms with Gasteiger partial charge in [-0.3, -0.25) is 4.79 Å². The van der Waals surface area contributed by atoms with E-state index in [0.717, 1.165) is 10.9 Å². The van der Waals surface area contributed by atoms with Gasteiger partial charge in [-0.05, 0) is 28.4 Å². The van der Waals surface area contributed by atoms with Gasteiger partial charge in [-0.25, -0.2) is 4.98 Å². The minimum absolute atomic E-state index is 0.0875. The number of nitrogens with zero attached hydrogens (tertiary/aromatic N) is 2. The van der Waals surface area contributed by atoms with Crippen molar-refractivity contribution in [2.75, 3.05) is 19.7 Å². The van der Waals surface area contributed by atoms with Crippen LogP contribution in [0.2, 0.25) is 5.15 Å². The van der Waals surface area contributed by atoms with E-state index in [1.165, 1.54) is 0 Å². The second-order valence-corrected chi connectivity index (χ2v) is 5.42. The molecule has 0 aliphatic carbocycles. The smallest absolute Gasteiger partial charge is 0.257 e. The van der Waals surface area contributed by atoms with Gasteiger partial charge in [0.2, 0.25) is 0 Å². The maximum Gasteiger partial charge on any atom is 0.257 e. The Morgan fingerprint density at radius 2 is 2.50 bits per heavy atom. The van der Waals surface area contributed by atoms with Gasteiger partial charge in [0.25, 0.3) is 5.91 Å². The highest BCUT2D eigenvalue weighted by Crippen LogP contribution is 2.21. The average Bonchev–Trinajstić information content (AvgIpc) is 2.41. The fourth-order valence-electron chi connectivity index (χ4n) is 1.89. The molecule has 0 spiro atoms. The molecule has 0 bridgehead atoms. The van der Waals surface area contributed by atoms with Crippen molar-refractivity contribution in [2.45, 2.75) is 19.4 Å². The van der Waals surface area contributed by atoms with Crippen molar-refractivity contribution in [3.8, 4) is 0 Å². The van der Waals surface area contributed by atoms with Gasteiger partial charge in [0.1, 0.15) is 5.15 Å². The molecule has 1 aromatic rings. The molecule has 2 rings (SSSR count). The second-order valence-electron chi connectivity index (χ2n) is 4.14. The Labute approximate surface area is 119 Å². The largest absolute Gasteiger partial charge is 0.375 e. The number of carbonyl (C=O) groups excluding carboxylic acids is 1. The van der Waals surface area contributed by atoms with E-state index in [-0.39, 0.29) is 17.2 Å². The zero-order valence-electron chi connectivity index (χ0n) is 10.0. The highest BCUT2D eigenvalue weighted by Gasteiger charge is 2.25. The zero-order chi connectivity index (χ0) is 13.1. The Morgan fingerprint density at radius 1 is 1.72 bits per heavy atom. The SMILES string of the molecule is CCC1CN(C(=O)c2cc(Br)cnc2Cl)CCO1. The van der Waals surface area contributed by atoms with Crippen molar-refractivity contribution >= 4 is 33.4 Å². The lowest BCUT2D eigenvalue weighted by Gasteiger charge is -2.32. The zero-order valence-corrected chi connectivity index (χ0v) is 12.4. The third-order valence-corrected chi connectivity index (χ3v) is 3.65. The van der Waals surface area contributed by atoms with E-state index in [2.05, 4.69) is 20.9 Å². The molecule has 6 heteroatoms. The average molecular weight is 334 g/mol. The first kappa shape index (κ1) is 13.8. The summed E-state index contributed by atoms with van der Waals surface area (Å²) in [7, 11) is 0. The molecule has 1 atom stereocenters. The number of halogens is 2. The third kappa shape index (κ3) is 3.02. The molecule has 1 aliphatic heterocycles. The number of hydrogen-bond donors (Lipinski definition) is 0. The monoisotopic (exact) mass is 332 g/mol. The molecule has 18 heavy (non-hydrogen) atoms. The molecule has 0 aromatic carbocycles. The maximum atomic E-state index is 12.4. The summed E-state index contributed by atoms with van der Waals surface area (Å²) < 4.78 is 6.29. The normalized spacial score (nSPS) is 19.9. The van der Waals surface area contributed by atoms with Gasteiger partial charge in [-0.1, -0.05) is 18.5 Å². The van der Waals surface area contributed by atoms with Gasteiger partial charge >= 0.3 is 0 Å². The highest BCUT2D eigenvalue weighted by molar-refractivity contribution is 9.10. The van der Waals surface area contributed by atoms with Crippen LogP contribution in [-0.2, 0) is 4.74 Å². The predicted molar refractivity (Wildman–Crippen MR) is 72.9 cm³/mol. The fourth-order valence-corrected chi connectivity index (χ4v) is 2.41. The maximum absolute atomic E-state index is 12.4. The number of ether oxygens (including phenoxy) is 1. The van der Waals surface area contributed by atoms with Crippen LogP contribution in [0.15, 0.2) is 16.7 Å². The fraction of sp³-hybridized carbons (Fsp3) is 0.500. The van der Waals surface area contributed by atoms with Crippen LogP contribution in [0.1, 0.15) is 23.7 Å². The van der Waals surface area contributed by atoms with Gasteiger partial charge in [0, 0.05) is 23.8 Å². The highest BCUT2D eigenvalue weighted by atomic mass is 79.9. The molecule has 0 saturated carbocycles. The first-order valence-electron chi connectivity index (χ1n) is 5.83. The van der Waals surface area contributed by atoms with Crippen molar-refractivity contribution < 1.29 is 9.53 Å². The van der Waals surface area contributed by atoms with Crippen LogP contribution in [0.5, 0.6) is 0 Å². The van der Waals surface area contributed by atoms with E-state index in [1.54, 1.807) is 17.2 Å². The van der Waals surface area contributed by atoms with Crippen LogP contribution in [0, 0.1) is 0 Å². The Balaban J connectivity index is 2.17. The van der Waals surface area contributed by atoms with Crippen LogP contribution in [0.25, 0.3) is 0 Å². The van der Waals surface area contributed by atoms with Gasteiger partial charge in [-0.2, -0.15) is 0 Å². The lowest BCUT2D eigenvalue weighted by Crippen LogP contribution is -2.45. The standard InChI is InChI=1S/C12H14BrClN2O2/c1-2-9-7-16(3-4-18-9)12(17)10-5-8(13)6-15-11(10)14/h5-6,9H,2-4,7H2,1H3. The van der Waals surface area contributed by atoms with E-state index < -0.39 is 0 Å². The summed E-state index contributed by atoms with van der Waals surface area (Å²) >= 11 is 9.27. The molecule has 2 heterocycles. The summed E-state index contributed by atoms with van der Waals surface area (Å²) in [6, 6.07) is 1.70. The molecule has 1 amide bonds. The van der Waals surface area contributed by atoms with Crippen molar-refractivity contribution in [1.29, 1.82) is 0 Å². The number of hydrogen-bond acceptors (Lipinski definition) is 3. The molecule has 0 N–H and O–H groups in total. The molecule has 4 nitrogen and oxygen atoms in total. The quantitative estimate of drug-likeness (QED) is 0.782. The number of carbonyl (C=O) groups is 1. The number of aromatic nitrogens is 1. The first-order chi connectivity index (χ1) is 8.61. The summed E-state index contributed by atoms with van der Waals surface area (Å²) in [5, 5.41) is 0.239. The lowest BCUT2D eigenvalue weighted by atomic mass is 10.2. The second kappa shape index (κ2) is 5.99. The summed E-state index contributed by atoms with van der Waals surface area (Å²) in [6.07, 6.45) is 2.59. The van der Waals surface area contributed by atoms with E-state index in [4.69, 9.17) is 16.3 Å². The van der Waals surface area contributed by atoms with E-state index in [0.29, 0.717) is 25.3 Å². The van der Waals surface area contributed by atoms with Gasteiger partial charge in [-0.15, -0.1) is 0 Å². The number of amides is 1. The minimum atomic E-state index is -0.0875. The predicted octanol–water partition coefficient (Wildman–Crippen LogP) is 2.75. The van der Waals surface area contributed by atoms with Crippen LogP contribution in [0.4, 0.5) is 0 Å². The molecule has 98 valence electrons. The third-order valence-electron chi connectivity index (χ3n) is 2.92. The van der Waals surface area contributed by atoms with Crippen LogP contribution < -0.4 is 0 Å². The van der Waals surface area contributed by atoms with Crippen molar-refractivity contribution in [2.24, 2.45) is 0 Å². The van der Waals surface area contributed by atoms with Gasteiger partial charge in [0.05, 0.1) is 18.3 Å². The van der Waals surface area contributed by atoms with Crippen LogP contribution in [-0.4, -0.2) is 41.6 Å². The summed E-state index contributed by atoms with van der Waals surface area (Å²) in [5.41, 5.74) is 0.433. The Hall–Kier alpha value is -0.650. The molecule has 1 aliphatic rings. The van der Waals surface area contributed by atoms with E-state index in [1.807, 2.05) is 6.92 Å². The van der Waals surface area contributed by atoms with Crippen LogP contribution in [0.3, 0.4) is 0 Å². The van der Waals surface area contributed by atoms with Gasteiger partial charge in [0.15, 0.2) is 0 Å². The van der Waals surface area contributed by atoms with Gasteiger partial charge < -0.3 is 9.64 Å². The molecule has 0 radical (unpaired) electrons. The van der Waals surface area contributed by atoms with Crippen molar-refractivity contribution in [1.82, 2.24) is 9.88 Å². The number of morpholine rings is 1. The van der Waals surface area contributed by atoms with E-state index >= 15 is 0 Å². The lowest BCUT2D eigenvalue weighted by molar-refractivity contribution is -0.0226.